The normalized spacial score (nSPS) is 9.27. The topological polar surface area (TPSA) is 52.6 Å². The summed E-state index contributed by atoms with van der Waals surface area (Å²) in [4.78, 5) is 22.7. The second-order valence-corrected chi connectivity index (χ2v) is 3.02. The van der Waals surface area contributed by atoms with E-state index in [1.807, 2.05) is 0 Å². The highest BCUT2D eigenvalue weighted by atomic mass is 32.1. The molecule has 4 nitrogen and oxygen atoms in total. The van der Waals surface area contributed by atoms with Crippen molar-refractivity contribution in [1.29, 1.82) is 0 Å². The van der Waals surface area contributed by atoms with Crippen molar-refractivity contribution >= 4 is 24.6 Å². The average molecular weight is 232 g/mol. The summed E-state index contributed by atoms with van der Waals surface area (Å²) in [5, 5.41) is 0. The van der Waals surface area contributed by atoms with E-state index in [2.05, 4.69) is 12.6 Å². The van der Waals surface area contributed by atoms with E-state index in [1.165, 1.54) is 6.08 Å². The van der Waals surface area contributed by atoms with Crippen molar-refractivity contribution in [3.8, 4) is 0 Å². The summed E-state index contributed by atoms with van der Waals surface area (Å²) in [6, 6.07) is 0. The first kappa shape index (κ1) is 14.0. The van der Waals surface area contributed by atoms with Gasteiger partial charge in [-0.2, -0.15) is 12.6 Å². The zero-order valence-corrected chi connectivity index (χ0v) is 9.88. The van der Waals surface area contributed by atoms with Gasteiger partial charge < -0.3 is 9.47 Å². The van der Waals surface area contributed by atoms with Gasteiger partial charge in [0.1, 0.15) is 5.57 Å². The standard InChI is InChI=1S/C10H16O4S/c1-3-13-9(11)8(6-5-7-15)10(12)14-4-2/h6,15H,3-5,7H2,1-2H3. The lowest BCUT2D eigenvalue weighted by Gasteiger charge is -2.05. The number of thiol groups is 1. The third-order valence-corrected chi connectivity index (χ3v) is 1.73. The first-order chi connectivity index (χ1) is 7.17. The first-order valence-electron chi connectivity index (χ1n) is 4.82. The van der Waals surface area contributed by atoms with Gasteiger partial charge in [0, 0.05) is 0 Å². The molecule has 0 aliphatic heterocycles. The molecule has 86 valence electrons. The maximum absolute atomic E-state index is 11.3. The smallest absolute Gasteiger partial charge is 0.345 e. The molecule has 0 aromatic rings. The van der Waals surface area contributed by atoms with E-state index in [-0.39, 0.29) is 18.8 Å². The Morgan fingerprint density at radius 2 is 1.60 bits per heavy atom. The highest BCUT2D eigenvalue weighted by molar-refractivity contribution is 7.80. The summed E-state index contributed by atoms with van der Waals surface area (Å²) in [6.45, 7) is 3.82. The summed E-state index contributed by atoms with van der Waals surface area (Å²) in [5.74, 6) is -0.724. The Balaban J connectivity index is 4.57. The van der Waals surface area contributed by atoms with Gasteiger partial charge in [-0.3, -0.25) is 0 Å². The van der Waals surface area contributed by atoms with Crippen LogP contribution >= 0.6 is 12.6 Å². The molecule has 0 aliphatic carbocycles. The molecule has 0 bridgehead atoms. The Morgan fingerprint density at radius 1 is 1.13 bits per heavy atom. The second-order valence-electron chi connectivity index (χ2n) is 2.57. The Morgan fingerprint density at radius 3 is 1.93 bits per heavy atom. The number of ether oxygens (including phenoxy) is 2. The van der Waals surface area contributed by atoms with Gasteiger partial charge in [0.25, 0.3) is 0 Å². The Hall–Kier alpha value is -0.970. The van der Waals surface area contributed by atoms with Crippen LogP contribution in [0.15, 0.2) is 11.6 Å². The average Bonchev–Trinajstić information content (AvgIpc) is 2.19. The molecular formula is C10H16O4S. The molecule has 0 fully saturated rings. The third kappa shape index (κ3) is 5.47. The Kier molecular flexibility index (Phi) is 7.81. The molecule has 0 unspecified atom stereocenters. The molecule has 0 spiro atoms. The predicted octanol–water partition coefficient (Wildman–Crippen LogP) is 1.36. The summed E-state index contributed by atoms with van der Waals surface area (Å²) in [5.41, 5.74) is -0.0484. The molecule has 0 amide bonds. The van der Waals surface area contributed by atoms with Gasteiger partial charge in [0.15, 0.2) is 0 Å². The van der Waals surface area contributed by atoms with Crippen LogP contribution in [0.5, 0.6) is 0 Å². The minimum atomic E-state index is -0.641. The van der Waals surface area contributed by atoms with Crippen molar-refractivity contribution in [3.63, 3.8) is 0 Å². The van der Waals surface area contributed by atoms with Gasteiger partial charge in [-0.15, -0.1) is 0 Å². The van der Waals surface area contributed by atoms with Crippen LogP contribution in [0.4, 0.5) is 0 Å². The van der Waals surface area contributed by atoms with Crippen molar-refractivity contribution in [2.45, 2.75) is 20.3 Å². The van der Waals surface area contributed by atoms with E-state index in [4.69, 9.17) is 9.47 Å². The van der Waals surface area contributed by atoms with Gasteiger partial charge in [-0.1, -0.05) is 6.08 Å². The maximum atomic E-state index is 11.3. The highest BCUT2D eigenvalue weighted by Gasteiger charge is 2.19. The molecule has 0 rings (SSSR count). The van der Waals surface area contributed by atoms with E-state index in [0.717, 1.165) is 0 Å². The van der Waals surface area contributed by atoms with Crippen LogP contribution < -0.4 is 0 Å². The minimum absolute atomic E-state index is 0.0484. The number of carbonyl (C=O) groups excluding carboxylic acids is 2. The minimum Gasteiger partial charge on any atom is -0.462 e. The SMILES string of the molecule is CCOC(=O)C(=CCCS)C(=O)OCC. The van der Waals surface area contributed by atoms with Crippen LogP contribution in [0.1, 0.15) is 20.3 Å². The zero-order valence-electron chi connectivity index (χ0n) is 8.99. The quantitative estimate of drug-likeness (QED) is 0.247. The van der Waals surface area contributed by atoms with Crippen LogP contribution in [0.2, 0.25) is 0 Å². The largest absolute Gasteiger partial charge is 0.462 e. The summed E-state index contributed by atoms with van der Waals surface area (Å²) >= 11 is 3.99. The molecule has 0 aromatic carbocycles. The van der Waals surface area contributed by atoms with Crippen molar-refractivity contribution in [2.24, 2.45) is 0 Å². The number of allylic oxidation sites excluding steroid dienone is 1. The molecule has 0 N–H and O–H groups in total. The maximum Gasteiger partial charge on any atom is 0.345 e. The Labute approximate surface area is 95.0 Å². The van der Waals surface area contributed by atoms with Crippen molar-refractivity contribution in [3.05, 3.63) is 11.6 Å². The molecule has 0 atom stereocenters. The lowest BCUT2D eigenvalue weighted by molar-refractivity contribution is -0.146. The summed E-state index contributed by atoms with van der Waals surface area (Å²) in [7, 11) is 0. The highest BCUT2D eigenvalue weighted by Crippen LogP contribution is 2.04. The molecule has 0 heterocycles. The van der Waals surface area contributed by atoms with E-state index in [9.17, 15) is 9.59 Å². The van der Waals surface area contributed by atoms with Crippen LogP contribution in [0, 0.1) is 0 Å². The van der Waals surface area contributed by atoms with Gasteiger partial charge >= 0.3 is 11.9 Å². The van der Waals surface area contributed by atoms with E-state index >= 15 is 0 Å². The fourth-order valence-corrected chi connectivity index (χ4v) is 1.01. The van der Waals surface area contributed by atoms with Crippen LogP contribution in [-0.2, 0) is 19.1 Å². The zero-order chi connectivity index (χ0) is 11.7. The molecule has 0 aromatic heterocycles. The number of rotatable bonds is 6. The van der Waals surface area contributed by atoms with Crippen molar-refractivity contribution in [2.75, 3.05) is 19.0 Å². The molecule has 5 heteroatoms. The van der Waals surface area contributed by atoms with Crippen LogP contribution in [0.25, 0.3) is 0 Å². The third-order valence-electron chi connectivity index (χ3n) is 1.47. The van der Waals surface area contributed by atoms with Gasteiger partial charge in [-0.25, -0.2) is 9.59 Å². The fourth-order valence-electron chi connectivity index (χ4n) is 0.877. The molecule has 0 radical (unpaired) electrons. The van der Waals surface area contributed by atoms with Crippen LogP contribution in [-0.4, -0.2) is 30.9 Å². The fraction of sp³-hybridized carbons (Fsp3) is 0.600. The Bertz CT molecular complexity index is 228. The van der Waals surface area contributed by atoms with E-state index in [1.54, 1.807) is 13.8 Å². The van der Waals surface area contributed by atoms with Gasteiger partial charge in [0.2, 0.25) is 0 Å². The second kappa shape index (κ2) is 8.35. The van der Waals surface area contributed by atoms with E-state index in [0.29, 0.717) is 12.2 Å². The monoisotopic (exact) mass is 232 g/mol. The summed E-state index contributed by atoms with van der Waals surface area (Å²) in [6.07, 6.45) is 2.01. The lowest BCUT2D eigenvalue weighted by atomic mass is 10.2. The number of hydrogen-bond acceptors (Lipinski definition) is 5. The molecule has 0 saturated carbocycles. The number of esters is 2. The molecule has 0 saturated heterocycles. The number of carbonyl (C=O) groups is 2. The van der Waals surface area contributed by atoms with Crippen molar-refractivity contribution in [1.82, 2.24) is 0 Å². The van der Waals surface area contributed by atoms with Gasteiger partial charge in [0.05, 0.1) is 13.2 Å². The van der Waals surface area contributed by atoms with Crippen molar-refractivity contribution < 1.29 is 19.1 Å². The molecule has 15 heavy (non-hydrogen) atoms. The first-order valence-corrected chi connectivity index (χ1v) is 5.45. The number of hydrogen-bond donors (Lipinski definition) is 1. The summed E-state index contributed by atoms with van der Waals surface area (Å²) < 4.78 is 9.47. The predicted molar refractivity (Wildman–Crippen MR) is 59.8 cm³/mol. The molecular weight excluding hydrogens is 216 g/mol. The van der Waals surface area contributed by atoms with Gasteiger partial charge in [-0.05, 0) is 26.0 Å². The lowest BCUT2D eigenvalue weighted by Crippen LogP contribution is -2.18. The van der Waals surface area contributed by atoms with E-state index < -0.39 is 11.9 Å². The molecule has 0 aliphatic rings. The van der Waals surface area contributed by atoms with Crippen LogP contribution in [0.3, 0.4) is 0 Å².